The summed E-state index contributed by atoms with van der Waals surface area (Å²) in [6.45, 7) is 0.0129. The van der Waals surface area contributed by atoms with Crippen LogP contribution in [0.5, 0.6) is 0 Å². The minimum absolute atomic E-state index is 0.0748. The van der Waals surface area contributed by atoms with Gasteiger partial charge in [-0.05, 0) is 12.8 Å². The molecule has 1 heterocycles. The van der Waals surface area contributed by atoms with E-state index in [9.17, 15) is 4.79 Å². The van der Waals surface area contributed by atoms with Crippen molar-refractivity contribution in [1.29, 1.82) is 5.26 Å². The highest BCUT2D eigenvalue weighted by molar-refractivity contribution is 6.67. The van der Waals surface area contributed by atoms with E-state index in [1.165, 1.54) is 0 Å². The molecule has 0 saturated carbocycles. The average Bonchev–Trinajstić information content (AvgIpc) is 2.18. The van der Waals surface area contributed by atoms with E-state index in [-0.39, 0.29) is 13.3 Å². The molecule has 64 valence electrons. The Morgan fingerprint density at radius 1 is 1.58 bits per heavy atom. The normalized spacial score (nSPS) is 21.5. The number of carbonyl (C=O) groups excluding carboxylic acids is 1. The zero-order valence-electron chi connectivity index (χ0n) is 6.99. The average molecular weight is 165 g/mol. The Hall–Kier alpha value is -0.815. The number of hydrogen-bond acceptors (Lipinski definition) is 3. The van der Waals surface area contributed by atoms with Crippen molar-refractivity contribution in [3.05, 3.63) is 0 Å². The van der Waals surface area contributed by atoms with Crippen molar-refractivity contribution in [3.63, 3.8) is 0 Å². The van der Waals surface area contributed by atoms with Gasteiger partial charge in [-0.15, -0.1) is 0 Å². The van der Waals surface area contributed by atoms with Crippen LogP contribution >= 0.6 is 0 Å². The predicted molar refractivity (Wildman–Crippen MR) is 45.8 cm³/mol. The Kier molecular flexibility index (Phi) is 2.88. The van der Waals surface area contributed by atoms with Gasteiger partial charge in [0, 0.05) is 11.4 Å². The number of nitriles is 1. The predicted octanol–water partition coefficient (Wildman–Crippen LogP) is 0.515. The third-order valence-corrected chi connectivity index (χ3v) is 2.73. The Balaban J connectivity index is 2.54. The van der Waals surface area contributed by atoms with Gasteiger partial charge in [0.2, 0.25) is 0 Å². The highest BCUT2D eigenvalue weighted by Gasteiger charge is 2.36. The van der Waals surface area contributed by atoms with Crippen LogP contribution in [-0.2, 0) is 4.79 Å². The maximum Gasteiger partial charge on any atom is 0.267 e. The van der Waals surface area contributed by atoms with Crippen molar-refractivity contribution in [2.45, 2.75) is 25.5 Å². The minimum atomic E-state index is -0.534. The number of carbonyl (C=O) groups is 1. The standard InChI is InChI=1S/C8H12BNO2/c10-7-9-3-1-8(5-11,6-12)2-4-9/h5,12H,1-4,6H2. The summed E-state index contributed by atoms with van der Waals surface area (Å²) in [5.41, 5.74) is -0.534. The maximum atomic E-state index is 10.7. The molecule has 0 radical (unpaired) electrons. The van der Waals surface area contributed by atoms with Gasteiger partial charge in [0.1, 0.15) is 6.29 Å². The molecule has 3 nitrogen and oxygen atoms in total. The highest BCUT2D eigenvalue weighted by atomic mass is 16.3. The number of rotatable bonds is 2. The second-order valence-electron chi connectivity index (χ2n) is 3.54. The van der Waals surface area contributed by atoms with E-state index in [0.29, 0.717) is 12.8 Å². The van der Waals surface area contributed by atoms with Gasteiger partial charge in [0.25, 0.3) is 6.71 Å². The van der Waals surface area contributed by atoms with Crippen molar-refractivity contribution in [2.75, 3.05) is 6.61 Å². The van der Waals surface area contributed by atoms with Crippen molar-refractivity contribution in [1.82, 2.24) is 0 Å². The molecule has 1 aliphatic heterocycles. The molecule has 1 N–H and O–H groups in total. The van der Waals surface area contributed by atoms with Gasteiger partial charge in [-0.25, -0.2) is 5.26 Å². The molecule has 0 atom stereocenters. The molecular weight excluding hydrogens is 153 g/mol. The summed E-state index contributed by atoms with van der Waals surface area (Å²) in [6, 6.07) is 0. The molecule has 0 bridgehead atoms. The molecule has 1 saturated heterocycles. The lowest BCUT2D eigenvalue weighted by molar-refractivity contribution is -0.118. The molecule has 1 fully saturated rings. The van der Waals surface area contributed by atoms with Gasteiger partial charge in [0.05, 0.1) is 6.61 Å². The number of hydrogen-bond donors (Lipinski definition) is 1. The molecular formula is C8H12BNO2. The van der Waals surface area contributed by atoms with Crippen LogP contribution in [0.15, 0.2) is 0 Å². The molecule has 1 aliphatic rings. The van der Waals surface area contributed by atoms with Crippen LogP contribution in [0.25, 0.3) is 0 Å². The molecule has 0 aromatic rings. The number of aldehydes is 1. The third-order valence-electron chi connectivity index (χ3n) is 2.73. The summed E-state index contributed by atoms with van der Waals surface area (Å²) in [6.07, 6.45) is 3.66. The van der Waals surface area contributed by atoms with Gasteiger partial charge < -0.3 is 9.90 Å². The number of aliphatic hydroxyl groups is 1. The van der Waals surface area contributed by atoms with Gasteiger partial charge in [-0.1, -0.05) is 12.6 Å². The Labute approximate surface area is 72.5 Å². The minimum Gasteiger partial charge on any atom is -0.395 e. The smallest absolute Gasteiger partial charge is 0.267 e. The zero-order chi connectivity index (χ0) is 9.03. The lowest BCUT2D eigenvalue weighted by atomic mass is 9.40. The zero-order valence-corrected chi connectivity index (χ0v) is 6.99. The summed E-state index contributed by atoms with van der Waals surface area (Å²) >= 11 is 0. The van der Waals surface area contributed by atoms with E-state index in [0.717, 1.165) is 18.9 Å². The van der Waals surface area contributed by atoms with Crippen LogP contribution in [-0.4, -0.2) is 24.7 Å². The van der Waals surface area contributed by atoms with E-state index in [1.807, 2.05) is 0 Å². The van der Waals surface area contributed by atoms with Gasteiger partial charge in [-0.2, -0.15) is 0 Å². The Bertz CT molecular complexity index is 204. The maximum absolute atomic E-state index is 10.7. The molecule has 0 aromatic carbocycles. The summed E-state index contributed by atoms with van der Waals surface area (Å²) in [5, 5.41) is 17.6. The summed E-state index contributed by atoms with van der Waals surface area (Å²) in [7, 11) is 0. The van der Waals surface area contributed by atoms with E-state index in [4.69, 9.17) is 10.4 Å². The summed E-state index contributed by atoms with van der Waals surface area (Å²) < 4.78 is 0. The molecule has 0 amide bonds. The molecule has 1 rings (SSSR count). The van der Waals surface area contributed by atoms with Crippen molar-refractivity contribution < 1.29 is 9.90 Å². The first-order valence-corrected chi connectivity index (χ1v) is 4.23. The quantitative estimate of drug-likeness (QED) is 0.479. The number of nitrogens with zero attached hydrogens (tertiary/aromatic N) is 1. The molecule has 0 aliphatic carbocycles. The van der Waals surface area contributed by atoms with Crippen LogP contribution in [0.4, 0.5) is 0 Å². The van der Waals surface area contributed by atoms with E-state index < -0.39 is 5.41 Å². The van der Waals surface area contributed by atoms with E-state index in [1.54, 1.807) is 0 Å². The van der Waals surface area contributed by atoms with Gasteiger partial charge in [0.15, 0.2) is 0 Å². The molecule has 0 aromatic heterocycles. The van der Waals surface area contributed by atoms with Crippen molar-refractivity contribution in [2.24, 2.45) is 5.41 Å². The molecule has 12 heavy (non-hydrogen) atoms. The lowest BCUT2D eigenvalue weighted by Gasteiger charge is -2.30. The third kappa shape index (κ3) is 1.67. The summed E-state index contributed by atoms with van der Waals surface area (Å²) in [5.74, 6) is 2.19. The monoisotopic (exact) mass is 165 g/mol. The van der Waals surface area contributed by atoms with E-state index in [2.05, 4.69) is 5.97 Å². The van der Waals surface area contributed by atoms with Crippen LogP contribution in [0.3, 0.4) is 0 Å². The van der Waals surface area contributed by atoms with Gasteiger partial charge in [-0.3, -0.25) is 0 Å². The highest BCUT2D eigenvalue weighted by Crippen LogP contribution is 2.34. The first-order valence-electron chi connectivity index (χ1n) is 4.23. The molecule has 0 unspecified atom stereocenters. The number of aliphatic hydroxyl groups excluding tert-OH is 1. The molecule has 4 heteroatoms. The fraction of sp³-hybridized carbons (Fsp3) is 0.750. The Morgan fingerprint density at radius 3 is 2.50 bits per heavy atom. The first kappa shape index (κ1) is 9.27. The second kappa shape index (κ2) is 3.73. The second-order valence-corrected chi connectivity index (χ2v) is 3.54. The topological polar surface area (TPSA) is 61.1 Å². The lowest BCUT2D eigenvalue weighted by Crippen LogP contribution is -2.34. The van der Waals surface area contributed by atoms with Crippen LogP contribution in [0, 0.1) is 16.6 Å². The van der Waals surface area contributed by atoms with Gasteiger partial charge >= 0.3 is 0 Å². The largest absolute Gasteiger partial charge is 0.395 e. The van der Waals surface area contributed by atoms with Crippen molar-refractivity contribution >= 4 is 13.0 Å². The van der Waals surface area contributed by atoms with Crippen LogP contribution in [0.2, 0.25) is 12.6 Å². The molecule has 0 spiro atoms. The summed E-state index contributed by atoms with van der Waals surface area (Å²) in [4.78, 5) is 10.7. The van der Waals surface area contributed by atoms with E-state index >= 15 is 0 Å². The van der Waals surface area contributed by atoms with Crippen molar-refractivity contribution in [3.8, 4) is 5.97 Å². The fourth-order valence-electron chi connectivity index (χ4n) is 1.64. The fourth-order valence-corrected chi connectivity index (χ4v) is 1.64. The first-order chi connectivity index (χ1) is 5.76. The SMILES string of the molecule is N#CB1CCC(C=O)(CO)CC1. The van der Waals surface area contributed by atoms with Crippen LogP contribution < -0.4 is 0 Å². The Morgan fingerprint density at radius 2 is 2.17 bits per heavy atom. The van der Waals surface area contributed by atoms with Crippen LogP contribution in [0.1, 0.15) is 12.8 Å².